The molecule has 1 aliphatic carbocycles. The third kappa shape index (κ3) is 3.01. The van der Waals surface area contributed by atoms with Crippen LogP contribution in [-0.2, 0) is 17.6 Å². The van der Waals surface area contributed by atoms with Gasteiger partial charge in [0.2, 0.25) is 0 Å². The molecule has 0 radical (unpaired) electrons. The Balaban J connectivity index is 2.26. The van der Waals surface area contributed by atoms with Crippen LogP contribution in [-0.4, -0.2) is 23.8 Å². The van der Waals surface area contributed by atoms with Crippen molar-refractivity contribution in [3.63, 3.8) is 0 Å². The summed E-state index contributed by atoms with van der Waals surface area (Å²) in [5.74, 6) is -0.459. The highest BCUT2D eigenvalue weighted by Gasteiger charge is 2.28. The highest BCUT2D eigenvalue weighted by molar-refractivity contribution is 7.17. The van der Waals surface area contributed by atoms with Gasteiger partial charge in [0, 0.05) is 4.88 Å². The monoisotopic (exact) mass is 295 g/mol. The maximum Gasteiger partial charge on any atom is 0.412 e. The summed E-state index contributed by atoms with van der Waals surface area (Å²) in [5, 5.41) is 12.3. The number of fused-ring (bicyclic) bond motifs is 1. The minimum Gasteiger partial charge on any atom is -0.478 e. The zero-order valence-corrected chi connectivity index (χ0v) is 12.1. The highest BCUT2D eigenvalue weighted by Crippen LogP contribution is 2.39. The van der Waals surface area contributed by atoms with Gasteiger partial charge in [-0.2, -0.15) is 0 Å². The molecular formula is C14H17NO4S. The zero-order valence-electron chi connectivity index (χ0n) is 11.3. The van der Waals surface area contributed by atoms with Crippen molar-refractivity contribution in [3.8, 4) is 0 Å². The van der Waals surface area contributed by atoms with E-state index in [9.17, 15) is 14.7 Å². The quantitative estimate of drug-likeness (QED) is 0.836. The Morgan fingerprint density at radius 1 is 1.60 bits per heavy atom. The summed E-state index contributed by atoms with van der Waals surface area (Å²) in [5.41, 5.74) is 1.08. The first-order chi connectivity index (χ1) is 9.52. The van der Waals surface area contributed by atoms with Crippen LogP contribution in [0.3, 0.4) is 0 Å². The summed E-state index contributed by atoms with van der Waals surface area (Å²) in [7, 11) is 0. The predicted octanol–water partition coefficient (Wildman–Crippen LogP) is 3.31. The van der Waals surface area contributed by atoms with E-state index in [2.05, 4.69) is 18.8 Å². The first-order valence-corrected chi connectivity index (χ1v) is 7.27. The molecular weight excluding hydrogens is 278 g/mol. The lowest BCUT2D eigenvalue weighted by atomic mass is 9.88. The van der Waals surface area contributed by atoms with Crippen molar-refractivity contribution in [3.05, 3.63) is 28.7 Å². The van der Waals surface area contributed by atoms with Crippen molar-refractivity contribution in [2.75, 3.05) is 11.9 Å². The molecule has 0 spiro atoms. The van der Waals surface area contributed by atoms with E-state index in [1.165, 1.54) is 17.4 Å². The molecule has 20 heavy (non-hydrogen) atoms. The maximum atomic E-state index is 11.6. The first kappa shape index (κ1) is 14.6. The molecule has 2 rings (SSSR count). The number of hydrogen-bond acceptors (Lipinski definition) is 4. The van der Waals surface area contributed by atoms with Crippen LogP contribution < -0.4 is 5.32 Å². The van der Waals surface area contributed by atoms with E-state index >= 15 is 0 Å². The van der Waals surface area contributed by atoms with Crippen LogP contribution in [0.5, 0.6) is 0 Å². The fourth-order valence-electron chi connectivity index (χ4n) is 2.33. The molecule has 1 unspecified atom stereocenters. The highest BCUT2D eigenvalue weighted by atomic mass is 32.1. The largest absolute Gasteiger partial charge is 0.478 e. The number of nitrogens with one attached hydrogen (secondary N) is 1. The summed E-state index contributed by atoms with van der Waals surface area (Å²) in [6.45, 7) is 5.69. The van der Waals surface area contributed by atoms with E-state index in [1.807, 2.05) is 0 Å². The van der Waals surface area contributed by atoms with Crippen molar-refractivity contribution in [2.45, 2.75) is 26.2 Å². The summed E-state index contributed by atoms with van der Waals surface area (Å²) in [6.07, 6.45) is 3.39. The molecule has 2 N–H and O–H groups in total. The van der Waals surface area contributed by atoms with Crippen LogP contribution in [0.25, 0.3) is 0 Å². The molecule has 0 fully saturated rings. The molecule has 0 bridgehead atoms. The van der Waals surface area contributed by atoms with Crippen molar-refractivity contribution < 1.29 is 19.4 Å². The lowest BCUT2D eigenvalue weighted by molar-refractivity contribution is 0.0697. The minimum absolute atomic E-state index is 0.0936. The number of rotatable bonds is 4. The van der Waals surface area contributed by atoms with Crippen molar-refractivity contribution in [2.24, 2.45) is 5.92 Å². The number of anilines is 1. The second kappa shape index (κ2) is 6.09. The van der Waals surface area contributed by atoms with Crippen LogP contribution in [0.15, 0.2) is 12.7 Å². The Kier molecular flexibility index (Phi) is 4.44. The molecule has 108 valence electrons. The molecule has 0 aromatic carbocycles. The average Bonchev–Trinajstić information content (AvgIpc) is 2.73. The van der Waals surface area contributed by atoms with Crippen LogP contribution >= 0.6 is 11.3 Å². The minimum atomic E-state index is -1.00. The summed E-state index contributed by atoms with van der Waals surface area (Å²) in [6, 6.07) is 0. The number of carbonyl (C=O) groups is 2. The van der Waals surface area contributed by atoms with Gasteiger partial charge in [0.05, 0.1) is 5.56 Å². The Morgan fingerprint density at radius 2 is 2.35 bits per heavy atom. The third-order valence-corrected chi connectivity index (χ3v) is 4.44. The standard InChI is InChI=1S/C14H17NO4S/c1-3-6-19-14(18)15-12-11(13(16)17)9-5-4-8(2)7-10(9)20-12/h3,8H,1,4-7H2,2H3,(H,15,18)(H,16,17). The number of thiophene rings is 1. The van der Waals surface area contributed by atoms with Crippen LogP contribution in [0, 0.1) is 5.92 Å². The van der Waals surface area contributed by atoms with E-state index in [-0.39, 0.29) is 12.2 Å². The number of hydrogen-bond donors (Lipinski definition) is 2. The smallest absolute Gasteiger partial charge is 0.412 e. The number of ether oxygens (including phenoxy) is 1. The van der Waals surface area contributed by atoms with E-state index in [1.54, 1.807) is 0 Å². The van der Waals surface area contributed by atoms with E-state index < -0.39 is 12.1 Å². The number of carboxylic acids is 1. The summed E-state index contributed by atoms with van der Waals surface area (Å²) in [4.78, 5) is 24.0. The Bertz CT molecular complexity index is 550. The molecule has 1 aromatic rings. The van der Waals surface area contributed by atoms with Crippen LogP contribution in [0.4, 0.5) is 9.80 Å². The van der Waals surface area contributed by atoms with Crippen molar-refractivity contribution in [1.29, 1.82) is 0 Å². The molecule has 0 saturated carbocycles. The van der Waals surface area contributed by atoms with Crippen LogP contribution in [0.1, 0.15) is 34.1 Å². The molecule has 1 aliphatic rings. The lowest BCUT2D eigenvalue weighted by Crippen LogP contribution is -2.16. The molecule has 5 nitrogen and oxygen atoms in total. The van der Waals surface area contributed by atoms with Gasteiger partial charge in [-0.25, -0.2) is 9.59 Å². The first-order valence-electron chi connectivity index (χ1n) is 6.45. The fourth-order valence-corrected chi connectivity index (χ4v) is 3.72. The average molecular weight is 295 g/mol. The second-order valence-electron chi connectivity index (χ2n) is 4.87. The second-order valence-corrected chi connectivity index (χ2v) is 5.98. The summed E-state index contributed by atoms with van der Waals surface area (Å²) < 4.78 is 4.83. The molecule has 6 heteroatoms. The predicted molar refractivity (Wildman–Crippen MR) is 77.6 cm³/mol. The Hall–Kier alpha value is -1.82. The van der Waals surface area contributed by atoms with Gasteiger partial charge in [-0.1, -0.05) is 19.6 Å². The van der Waals surface area contributed by atoms with E-state index in [4.69, 9.17) is 4.74 Å². The molecule has 1 amide bonds. The van der Waals surface area contributed by atoms with E-state index in [0.29, 0.717) is 10.9 Å². The van der Waals surface area contributed by atoms with Gasteiger partial charge in [-0.05, 0) is 30.7 Å². The fraction of sp³-hybridized carbons (Fsp3) is 0.429. The van der Waals surface area contributed by atoms with Crippen molar-refractivity contribution in [1.82, 2.24) is 0 Å². The number of aromatic carboxylic acids is 1. The maximum absolute atomic E-state index is 11.6. The topological polar surface area (TPSA) is 75.6 Å². The zero-order chi connectivity index (χ0) is 14.7. The number of carbonyl (C=O) groups excluding carboxylic acids is 1. The van der Waals surface area contributed by atoms with Gasteiger partial charge in [-0.15, -0.1) is 11.3 Å². The van der Waals surface area contributed by atoms with Gasteiger partial charge in [0.1, 0.15) is 11.6 Å². The van der Waals surface area contributed by atoms with Crippen molar-refractivity contribution >= 4 is 28.4 Å². The molecule has 0 aliphatic heterocycles. The molecule has 1 aromatic heterocycles. The lowest BCUT2D eigenvalue weighted by Gasteiger charge is -2.17. The van der Waals surface area contributed by atoms with Gasteiger partial charge >= 0.3 is 12.1 Å². The SMILES string of the molecule is C=CCOC(=O)Nc1sc2c(c1C(=O)O)CCC(C)C2. The van der Waals surface area contributed by atoms with E-state index in [0.717, 1.165) is 29.7 Å². The van der Waals surface area contributed by atoms with Gasteiger partial charge in [0.15, 0.2) is 0 Å². The number of carboxylic acid groups (broad SMARTS) is 1. The van der Waals surface area contributed by atoms with Crippen LogP contribution in [0.2, 0.25) is 0 Å². The Labute approximate surface area is 121 Å². The molecule has 0 saturated heterocycles. The summed E-state index contributed by atoms with van der Waals surface area (Å²) >= 11 is 1.34. The van der Waals surface area contributed by atoms with Gasteiger partial charge in [-0.3, -0.25) is 5.32 Å². The molecule has 1 heterocycles. The normalized spacial score (nSPS) is 17.1. The van der Waals surface area contributed by atoms with Gasteiger partial charge < -0.3 is 9.84 Å². The van der Waals surface area contributed by atoms with Gasteiger partial charge in [0.25, 0.3) is 0 Å². The third-order valence-electron chi connectivity index (χ3n) is 3.27. The number of amides is 1. The Morgan fingerprint density at radius 3 is 3.00 bits per heavy atom. The molecule has 1 atom stereocenters.